The third kappa shape index (κ3) is 3.48. The molecule has 23 heavy (non-hydrogen) atoms. The number of amides is 1. The molecule has 0 aliphatic heterocycles. The number of nitrogens with zero attached hydrogens (tertiary/aromatic N) is 5. The number of carbonyl (C=O) groups is 1. The van der Waals surface area contributed by atoms with Gasteiger partial charge in [-0.15, -0.1) is 10.2 Å². The first kappa shape index (κ1) is 15.4. The normalized spacial score (nSPS) is 16.0. The summed E-state index contributed by atoms with van der Waals surface area (Å²) < 4.78 is 0. The van der Waals surface area contributed by atoms with E-state index in [9.17, 15) is 10.1 Å². The van der Waals surface area contributed by atoms with Gasteiger partial charge in [-0.05, 0) is 43.0 Å². The minimum Gasteiger partial charge on any atom is -0.336 e. The fraction of sp³-hybridized carbons (Fsp3) is 0.400. The van der Waals surface area contributed by atoms with Gasteiger partial charge in [0, 0.05) is 10.6 Å². The van der Waals surface area contributed by atoms with Crippen molar-refractivity contribution in [3.05, 3.63) is 29.3 Å². The van der Waals surface area contributed by atoms with Crippen molar-refractivity contribution in [1.82, 2.24) is 25.5 Å². The number of hydrogen-bond acceptors (Lipinski definition) is 5. The molecule has 2 aromatic rings. The van der Waals surface area contributed by atoms with Gasteiger partial charge in [-0.25, -0.2) is 0 Å². The summed E-state index contributed by atoms with van der Waals surface area (Å²) in [7, 11) is 0. The maximum atomic E-state index is 12.1. The van der Waals surface area contributed by atoms with Crippen molar-refractivity contribution in [2.45, 2.75) is 37.8 Å². The van der Waals surface area contributed by atoms with Gasteiger partial charge >= 0.3 is 0 Å². The van der Waals surface area contributed by atoms with Crippen LogP contribution in [0, 0.1) is 11.3 Å². The van der Waals surface area contributed by atoms with Gasteiger partial charge in [-0.3, -0.25) is 4.79 Å². The first-order valence-electron chi connectivity index (χ1n) is 7.36. The summed E-state index contributed by atoms with van der Waals surface area (Å²) in [6.45, 7) is -0.0724. The van der Waals surface area contributed by atoms with E-state index in [1.54, 1.807) is 18.2 Å². The SMILES string of the molecule is N#CC1(NC(=O)Cn2nnc(-c3cccc(Cl)c3)n2)CCCC1. The lowest BCUT2D eigenvalue weighted by Gasteiger charge is -2.21. The first-order valence-corrected chi connectivity index (χ1v) is 7.74. The smallest absolute Gasteiger partial charge is 0.244 e. The largest absolute Gasteiger partial charge is 0.336 e. The zero-order chi connectivity index (χ0) is 16.3. The molecule has 1 heterocycles. The average molecular weight is 331 g/mol. The van der Waals surface area contributed by atoms with Gasteiger partial charge in [0.15, 0.2) is 0 Å². The minimum absolute atomic E-state index is 0.0724. The van der Waals surface area contributed by atoms with Crippen LogP contribution in [0.3, 0.4) is 0 Å². The monoisotopic (exact) mass is 330 g/mol. The van der Waals surface area contributed by atoms with Crippen LogP contribution in [0.2, 0.25) is 5.02 Å². The number of benzene rings is 1. The molecule has 118 valence electrons. The van der Waals surface area contributed by atoms with E-state index in [0.29, 0.717) is 23.7 Å². The van der Waals surface area contributed by atoms with Crippen LogP contribution < -0.4 is 5.32 Å². The second-order valence-corrected chi connectivity index (χ2v) is 6.04. The number of carbonyl (C=O) groups excluding carboxylic acids is 1. The lowest BCUT2D eigenvalue weighted by molar-refractivity contribution is -0.123. The number of aromatic nitrogens is 4. The van der Waals surface area contributed by atoms with Crippen molar-refractivity contribution in [3.8, 4) is 17.5 Å². The van der Waals surface area contributed by atoms with Crippen molar-refractivity contribution in [2.75, 3.05) is 0 Å². The van der Waals surface area contributed by atoms with Crippen molar-refractivity contribution in [1.29, 1.82) is 5.26 Å². The number of rotatable bonds is 4. The number of nitriles is 1. The summed E-state index contributed by atoms with van der Waals surface area (Å²) in [5.74, 6) is 0.111. The molecule has 1 aromatic heterocycles. The Kier molecular flexibility index (Phi) is 4.26. The number of hydrogen-bond donors (Lipinski definition) is 1. The second kappa shape index (κ2) is 6.34. The Morgan fingerprint density at radius 3 is 2.91 bits per heavy atom. The molecular formula is C15H15ClN6O. The molecule has 1 fully saturated rings. The Hall–Kier alpha value is -2.46. The minimum atomic E-state index is -0.743. The number of tetrazole rings is 1. The summed E-state index contributed by atoms with van der Waals surface area (Å²) >= 11 is 5.93. The summed E-state index contributed by atoms with van der Waals surface area (Å²) in [5.41, 5.74) is -0.0126. The fourth-order valence-corrected chi connectivity index (χ4v) is 2.92. The van der Waals surface area contributed by atoms with Gasteiger partial charge in [-0.2, -0.15) is 10.1 Å². The number of nitrogens with one attached hydrogen (secondary N) is 1. The van der Waals surface area contributed by atoms with Gasteiger partial charge in [0.2, 0.25) is 11.7 Å². The Balaban J connectivity index is 1.67. The standard InChI is InChI=1S/C15H15ClN6O/c16-12-5-3-4-11(8-12)14-19-21-22(20-14)9-13(23)18-15(10-17)6-1-2-7-15/h3-5,8H,1-2,6-7,9H2,(H,18,23). The lowest BCUT2D eigenvalue weighted by Crippen LogP contribution is -2.46. The molecule has 7 nitrogen and oxygen atoms in total. The first-order chi connectivity index (χ1) is 11.1. The quantitative estimate of drug-likeness (QED) is 0.924. The predicted octanol–water partition coefficient (Wildman–Crippen LogP) is 1.95. The van der Waals surface area contributed by atoms with E-state index in [0.717, 1.165) is 18.4 Å². The van der Waals surface area contributed by atoms with Gasteiger partial charge in [0.25, 0.3) is 0 Å². The highest BCUT2D eigenvalue weighted by atomic mass is 35.5. The molecular weight excluding hydrogens is 316 g/mol. The van der Waals surface area contributed by atoms with Gasteiger partial charge in [0.1, 0.15) is 12.1 Å². The molecule has 0 saturated heterocycles. The highest BCUT2D eigenvalue weighted by Gasteiger charge is 2.35. The Labute approximate surface area is 138 Å². The molecule has 1 saturated carbocycles. The van der Waals surface area contributed by atoms with Crippen LogP contribution in [0.15, 0.2) is 24.3 Å². The molecule has 0 atom stereocenters. The summed E-state index contributed by atoms with van der Waals surface area (Å²) in [4.78, 5) is 13.3. The van der Waals surface area contributed by atoms with Crippen LogP contribution in [0.1, 0.15) is 25.7 Å². The molecule has 0 bridgehead atoms. The number of halogens is 1. The lowest BCUT2D eigenvalue weighted by atomic mass is 10.00. The maximum Gasteiger partial charge on any atom is 0.244 e. The van der Waals surface area contributed by atoms with Crippen LogP contribution in [0.4, 0.5) is 0 Å². The van der Waals surface area contributed by atoms with Gasteiger partial charge in [-0.1, -0.05) is 23.7 Å². The molecule has 0 spiro atoms. The van der Waals surface area contributed by atoms with Crippen LogP contribution in [0.5, 0.6) is 0 Å². The zero-order valence-corrected chi connectivity index (χ0v) is 13.1. The van der Waals surface area contributed by atoms with Crippen LogP contribution >= 0.6 is 11.6 Å². The third-order valence-corrected chi connectivity index (χ3v) is 4.11. The maximum absolute atomic E-state index is 12.1. The van der Waals surface area contributed by atoms with E-state index in [-0.39, 0.29) is 12.5 Å². The second-order valence-electron chi connectivity index (χ2n) is 5.60. The Bertz CT molecular complexity index is 759. The van der Waals surface area contributed by atoms with Crippen LogP contribution in [0.25, 0.3) is 11.4 Å². The summed E-state index contributed by atoms with van der Waals surface area (Å²) in [5, 5.41) is 24.6. The molecule has 3 rings (SSSR count). The topological polar surface area (TPSA) is 96.5 Å². The fourth-order valence-electron chi connectivity index (χ4n) is 2.73. The molecule has 0 radical (unpaired) electrons. The van der Waals surface area contributed by atoms with E-state index in [1.807, 2.05) is 6.07 Å². The van der Waals surface area contributed by atoms with Gasteiger partial charge in [0.05, 0.1) is 6.07 Å². The summed E-state index contributed by atoms with van der Waals surface area (Å²) in [6.07, 6.45) is 3.28. The van der Waals surface area contributed by atoms with Crippen molar-refractivity contribution in [3.63, 3.8) is 0 Å². The Morgan fingerprint density at radius 1 is 1.43 bits per heavy atom. The van der Waals surface area contributed by atoms with Crippen molar-refractivity contribution in [2.24, 2.45) is 0 Å². The Morgan fingerprint density at radius 2 is 2.22 bits per heavy atom. The van der Waals surface area contributed by atoms with E-state index >= 15 is 0 Å². The van der Waals surface area contributed by atoms with Crippen molar-refractivity contribution >= 4 is 17.5 Å². The highest BCUT2D eigenvalue weighted by molar-refractivity contribution is 6.30. The average Bonchev–Trinajstić information content (AvgIpc) is 3.17. The van der Waals surface area contributed by atoms with Crippen LogP contribution in [-0.4, -0.2) is 31.7 Å². The predicted molar refractivity (Wildman–Crippen MR) is 83.2 cm³/mol. The highest BCUT2D eigenvalue weighted by Crippen LogP contribution is 2.28. The molecule has 1 aromatic carbocycles. The molecule has 1 amide bonds. The van der Waals surface area contributed by atoms with E-state index in [1.165, 1.54) is 4.80 Å². The molecule has 1 aliphatic carbocycles. The van der Waals surface area contributed by atoms with Crippen LogP contribution in [-0.2, 0) is 11.3 Å². The molecule has 1 aliphatic rings. The molecule has 0 unspecified atom stereocenters. The third-order valence-electron chi connectivity index (χ3n) is 3.87. The molecule has 1 N–H and O–H groups in total. The zero-order valence-electron chi connectivity index (χ0n) is 12.4. The van der Waals surface area contributed by atoms with E-state index in [2.05, 4.69) is 26.8 Å². The van der Waals surface area contributed by atoms with E-state index < -0.39 is 5.54 Å². The van der Waals surface area contributed by atoms with Crippen molar-refractivity contribution < 1.29 is 4.79 Å². The summed E-state index contributed by atoms with van der Waals surface area (Å²) in [6, 6.07) is 9.31. The molecule has 8 heteroatoms. The van der Waals surface area contributed by atoms with E-state index in [4.69, 9.17) is 11.6 Å². The van der Waals surface area contributed by atoms with Gasteiger partial charge < -0.3 is 5.32 Å².